The van der Waals surface area contributed by atoms with Gasteiger partial charge in [-0.3, -0.25) is 4.90 Å². The molecule has 0 heterocycles. The highest BCUT2D eigenvalue weighted by atomic mass is 32.2. The molecule has 1 rings (SSSR count). The maximum atomic E-state index is 9.97. The first kappa shape index (κ1) is 13.3. The van der Waals surface area contributed by atoms with Gasteiger partial charge in [0.25, 0.3) is 0 Å². The largest absolute Gasteiger partial charge is 0.391 e. The van der Waals surface area contributed by atoms with Crippen LogP contribution in [-0.4, -0.2) is 47.3 Å². The molecule has 1 aliphatic carbocycles. The van der Waals surface area contributed by atoms with Gasteiger partial charge in [0, 0.05) is 12.1 Å². The van der Waals surface area contributed by atoms with Crippen molar-refractivity contribution in [2.75, 3.05) is 19.1 Å². The third-order valence-corrected chi connectivity index (χ3v) is 4.30. The average Bonchev–Trinajstić information content (AvgIpc) is 2.25. The monoisotopic (exact) mass is 231 g/mol. The Bertz CT molecular complexity index is 177. The standard InChI is InChI=1S/C12H25NOS/c1-10(8-9-15-3)13(2)11-6-4-5-7-12(11)14/h10-12,14H,4-9H2,1-3H3/t10?,11-,12-/m1/s1. The number of aliphatic hydroxyl groups excluding tert-OH is 1. The highest BCUT2D eigenvalue weighted by Crippen LogP contribution is 2.24. The maximum absolute atomic E-state index is 9.97. The van der Waals surface area contributed by atoms with Crippen LogP contribution in [0.2, 0.25) is 0 Å². The quantitative estimate of drug-likeness (QED) is 0.786. The van der Waals surface area contributed by atoms with Crippen molar-refractivity contribution in [2.24, 2.45) is 0 Å². The molecule has 1 aliphatic rings. The molecule has 0 amide bonds. The zero-order chi connectivity index (χ0) is 11.3. The van der Waals surface area contributed by atoms with Gasteiger partial charge < -0.3 is 5.11 Å². The SMILES string of the molecule is CSCCC(C)N(C)[C@@H]1CCCC[C@H]1O. The van der Waals surface area contributed by atoms with E-state index >= 15 is 0 Å². The van der Waals surface area contributed by atoms with Gasteiger partial charge in [-0.1, -0.05) is 12.8 Å². The molecule has 0 aromatic carbocycles. The molecule has 1 N–H and O–H groups in total. The van der Waals surface area contributed by atoms with Gasteiger partial charge >= 0.3 is 0 Å². The van der Waals surface area contributed by atoms with E-state index in [4.69, 9.17) is 0 Å². The molecular weight excluding hydrogens is 206 g/mol. The second kappa shape index (κ2) is 6.77. The Hall–Kier alpha value is 0.270. The Morgan fingerprint density at radius 1 is 1.40 bits per heavy atom. The van der Waals surface area contributed by atoms with Crippen LogP contribution in [0.3, 0.4) is 0 Å². The first-order chi connectivity index (χ1) is 7.16. The van der Waals surface area contributed by atoms with E-state index in [9.17, 15) is 5.11 Å². The van der Waals surface area contributed by atoms with Crippen LogP contribution >= 0.6 is 11.8 Å². The van der Waals surface area contributed by atoms with Gasteiger partial charge in [-0.25, -0.2) is 0 Å². The van der Waals surface area contributed by atoms with Crippen molar-refractivity contribution in [1.29, 1.82) is 0 Å². The molecule has 0 aliphatic heterocycles. The molecule has 90 valence electrons. The maximum Gasteiger partial charge on any atom is 0.0695 e. The Labute approximate surface area is 98.4 Å². The molecule has 3 atom stereocenters. The van der Waals surface area contributed by atoms with E-state index in [1.165, 1.54) is 31.4 Å². The minimum atomic E-state index is -0.0968. The molecule has 0 aromatic rings. The molecule has 0 spiro atoms. The normalized spacial score (nSPS) is 29.4. The second-order valence-corrected chi connectivity index (χ2v) is 5.70. The molecular formula is C12H25NOS. The summed E-state index contributed by atoms with van der Waals surface area (Å²) in [6.45, 7) is 2.28. The molecule has 0 aromatic heterocycles. The molecule has 15 heavy (non-hydrogen) atoms. The van der Waals surface area contributed by atoms with Gasteiger partial charge in [-0.2, -0.15) is 11.8 Å². The van der Waals surface area contributed by atoms with Crippen LogP contribution in [0.15, 0.2) is 0 Å². The summed E-state index contributed by atoms with van der Waals surface area (Å²) in [6.07, 6.45) is 7.92. The van der Waals surface area contributed by atoms with Crippen LogP contribution in [0.1, 0.15) is 39.0 Å². The summed E-state index contributed by atoms with van der Waals surface area (Å²) < 4.78 is 0. The minimum Gasteiger partial charge on any atom is -0.391 e. The number of likely N-dealkylation sites (N-methyl/N-ethyl adjacent to an activating group) is 1. The van der Waals surface area contributed by atoms with Crippen molar-refractivity contribution in [2.45, 2.75) is 57.2 Å². The van der Waals surface area contributed by atoms with Crippen LogP contribution < -0.4 is 0 Å². The van der Waals surface area contributed by atoms with Crippen molar-refractivity contribution in [1.82, 2.24) is 4.90 Å². The van der Waals surface area contributed by atoms with E-state index in [2.05, 4.69) is 25.1 Å². The molecule has 1 unspecified atom stereocenters. The predicted octanol–water partition coefficient (Wildman–Crippen LogP) is 2.36. The fraction of sp³-hybridized carbons (Fsp3) is 1.00. The highest BCUT2D eigenvalue weighted by Gasteiger charge is 2.28. The first-order valence-electron chi connectivity index (χ1n) is 6.05. The molecule has 0 bridgehead atoms. The topological polar surface area (TPSA) is 23.5 Å². The van der Waals surface area contributed by atoms with E-state index in [1.54, 1.807) is 0 Å². The van der Waals surface area contributed by atoms with Crippen molar-refractivity contribution in [3.05, 3.63) is 0 Å². The van der Waals surface area contributed by atoms with Gasteiger partial charge in [0.2, 0.25) is 0 Å². The highest BCUT2D eigenvalue weighted by molar-refractivity contribution is 7.98. The van der Waals surface area contributed by atoms with Gasteiger partial charge in [-0.05, 0) is 45.2 Å². The van der Waals surface area contributed by atoms with Crippen LogP contribution in [-0.2, 0) is 0 Å². The summed E-state index contributed by atoms with van der Waals surface area (Å²) in [5, 5.41) is 9.97. The number of aliphatic hydroxyl groups is 1. The van der Waals surface area contributed by atoms with Crippen molar-refractivity contribution in [3.63, 3.8) is 0 Å². The first-order valence-corrected chi connectivity index (χ1v) is 7.45. The molecule has 3 heteroatoms. The molecule has 0 radical (unpaired) electrons. The number of nitrogens with zero attached hydrogens (tertiary/aromatic N) is 1. The van der Waals surface area contributed by atoms with Gasteiger partial charge in [0.1, 0.15) is 0 Å². The zero-order valence-electron chi connectivity index (χ0n) is 10.3. The van der Waals surface area contributed by atoms with Gasteiger partial charge in [0.05, 0.1) is 6.10 Å². The van der Waals surface area contributed by atoms with E-state index in [0.717, 1.165) is 6.42 Å². The lowest BCUT2D eigenvalue weighted by molar-refractivity contribution is 0.0155. The van der Waals surface area contributed by atoms with Crippen LogP contribution in [0.4, 0.5) is 0 Å². The summed E-state index contributed by atoms with van der Waals surface area (Å²) in [7, 11) is 2.17. The van der Waals surface area contributed by atoms with Crippen LogP contribution in [0, 0.1) is 0 Å². The fourth-order valence-corrected chi connectivity index (χ4v) is 2.96. The summed E-state index contributed by atoms with van der Waals surface area (Å²) in [5.74, 6) is 1.22. The van der Waals surface area contributed by atoms with Crippen LogP contribution in [0.25, 0.3) is 0 Å². The van der Waals surface area contributed by atoms with Crippen LogP contribution in [0.5, 0.6) is 0 Å². The Morgan fingerprint density at radius 2 is 2.07 bits per heavy atom. The smallest absolute Gasteiger partial charge is 0.0695 e. The minimum absolute atomic E-state index is 0.0968. The molecule has 0 saturated heterocycles. The lowest BCUT2D eigenvalue weighted by atomic mass is 9.91. The predicted molar refractivity (Wildman–Crippen MR) is 68.5 cm³/mol. The van der Waals surface area contributed by atoms with E-state index in [0.29, 0.717) is 12.1 Å². The van der Waals surface area contributed by atoms with Crippen molar-refractivity contribution < 1.29 is 5.11 Å². The van der Waals surface area contributed by atoms with Crippen molar-refractivity contribution >= 4 is 11.8 Å². The number of thioether (sulfide) groups is 1. The Kier molecular flexibility index (Phi) is 6.02. The summed E-state index contributed by atoms with van der Waals surface area (Å²) in [4.78, 5) is 2.39. The average molecular weight is 231 g/mol. The Morgan fingerprint density at radius 3 is 2.67 bits per heavy atom. The third kappa shape index (κ3) is 3.97. The lowest BCUT2D eigenvalue weighted by Crippen LogP contribution is -2.47. The summed E-state index contributed by atoms with van der Waals surface area (Å²) >= 11 is 1.91. The van der Waals surface area contributed by atoms with E-state index in [1.807, 2.05) is 11.8 Å². The van der Waals surface area contributed by atoms with Crippen molar-refractivity contribution in [3.8, 4) is 0 Å². The molecule has 1 saturated carbocycles. The van der Waals surface area contributed by atoms with Gasteiger partial charge in [0.15, 0.2) is 0 Å². The van der Waals surface area contributed by atoms with Gasteiger partial charge in [-0.15, -0.1) is 0 Å². The molecule has 1 fully saturated rings. The van der Waals surface area contributed by atoms with E-state index in [-0.39, 0.29) is 6.10 Å². The van der Waals surface area contributed by atoms with E-state index < -0.39 is 0 Å². The number of hydrogen-bond donors (Lipinski definition) is 1. The Balaban J connectivity index is 2.39. The second-order valence-electron chi connectivity index (χ2n) is 4.72. The zero-order valence-corrected chi connectivity index (χ0v) is 11.1. The number of hydrogen-bond acceptors (Lipinski definition) is 3. The summed E-state index contributed by atoms with van der Waals surface area (Å²) in [5.41, 5.74) is 0. The number of rotatable bonds is 5. The third-order valence-electron chi connectivity index (χ3n) is 3.65. The summed E-state index contributed by atoms with van der Waals surface area (Å²) in [6, 6.07) is 0.991. The lowest BCUT2D eigenvalue weighted by Gasteiger charge is -2.38. The fourth-order valence-electron chi connectivity index (χ4n) is 2.39. The molecule has 2 nitrogen and oxygen atoms in total.